The molecule has 0 aliphatic rings. The van der Waals surface area contributed by atoms with Gasteiger partial charge in [0.1, 0.15) is 11.4 Å². The summed E-state index contributed by atoms with van der Waals surface area (Å²) < 4.78 is 7.76. The molecule has 106 valence electrons. The van der Waals surface area contributed by atoms with E-state index in [9.17, 15) is 0 Å². The fraction of sp³-hybridized carbons (Fsp3) is 0.143. The molecule has 3 aromatic rings. The largest absolute Gasteiger partial charge is 0.494 e. The van der Waals surface area contributed by atoms with Crippen LogP contribution in [0.1, 0.15) is 6.92 Å². The molecule has 0 atom stereocenters. The van der Waals surface area contributed by atoms with Crippen molar-refractivity contribution < 1.29 is 4.74 Å². The summed E-state index contributed by atoms with van der Waals surface area (Å²) in [6, 6.07) is 7.65. The van der Waals surface area contributed by atoms with Gasteiger partial charge in [-0.3, -0.25) is 14.6 Å². The van der Waals surface area contributed by atoms with E-state index in [1.165, 1.54) is 0 Å². The molecule has 0 amide bonds. The van der Waals surface area contributed by atoms with E-state index in [1.54, 1.807) is 18.6 Å². The molecule has 6 nitrogen and oxygen atoms in total. The van der Waals surface area contributed by atoms with Crippen molar-refractivity contribution >= 4 is 12.2 Å². The summed E-state index contributed by atoms with van der Waals surface area (Å²) in [5.74, 6) is 1.44. The number of aromatic nitrogens is 5. The molecule has 0 saturated heterocycles. The van der Waals surface area contributed by atoms with Crippen LogP contribution in [0.3, 0.4) is 0 Å². The number of aromatic amines is 1. The van der Waals surface area contributed by atoms with Gasteiger partial charge in [0.05, 0.1) is 18.5 Å². The van der Waals surface area contributed by atoms with Crippen LogP contribution in [0, 0.1) is 4.77 Å². The monoisotopic (exact) mass is 299 g/mol. The van der Waals surface area contributed by atoms with Crippen LogP contribution in [0.5, 0.6) is 5.75 Å². The van der Waals surface area contributed by atoms with E-state index in [1.807, 2.05) is 35.8 Å². The fourth-order valence-corrected chi connectivity index (χ4v) is 2.22. The minimum absolute atomic E-state index is 0.500. The van der Waals surface area contributed by atoms with Crippen molar-refractivity contribution in [3.63, 3.8) is 0 Å². The molecule has 0 fully saturated rings. The second-order valence-corrected chi connectivity index (χ2v) is 4.59. The number of nitrogens with one attached hydrogen (secondary N) is 1. The van der Waals surface area contributed by atoms with Crippen LogP contribution >= 0.6 is 12.2 Å². The van der Waals surface area contributed by atoms with E-state index in [2.05, 4.69) is 20.2 Å². The van der Waals surface area contributed by atoms with E-state index < -0.39 is 0 Å². The Kier molecular flexibility index (Phi) is 3.74. The zero-order chi connectivity index (χ0) is 14.7. The van der Waals surface area contributed by atoms with Gasteiger partial charge >= 0.3 is 0 Å². The topological polar surface area (TPSA) is 68.6 Å². The van der Waals surface area contributed by atoms with Crippen LogP contribution in [-0.4, -0.2) is 31.3 Å². The Bertz CT molecular complexity index is 779. The molecule has 1 aromatic carbocycles. The number of nitrogens with zero attached hydrogens (tertiary/aromatic N) is 4. The van der Waals surface area contributed by atoms with E-state index in [-0.39, 0.29) is 0 Å². The van der Waals surface area contributed by atoms with Crippen molar-refractivity contribution in [1.29, 1.82) is 0 Å². The van der Waals surface area contributed by atoms with Crippen molar-refractivity contribution in [3.8, 4) is 23.0 Å². The van der Waals surface area contributed by atoms with Crippen LogP contribution in [-0.2, 0) is 0 Å². The van der Waals surface area contributed by atoms with Crippen molar-refractivity contribution in [2.24, 2.45) is 0 Å². The van der Waals surface area contributed by atoms with Gasteiger partial charge in [-0.25, -0.2) is 4.98 Å². The maximum absolute atomic E-state index is 5.44. The highest BCUT2D eigenvalue weighted by atomic mass is 32.1. The lowest BCUT2D eigenvalue weighted by molar-refractivity contribution is 0.340. The molecule has 3 rings (SSSR count). The third-order valence-electron chi connectivity index (χ3n) is 2.87. The average Bonchev–Trinajstić information content (AvgIpc) is 2.91. The predicted octanol–water partition coefficient (Wildman–Crippen LogP) is 2.79. The molecule has 0 saturated carbocycles. The molecule has 0 spiro atoms. The van der Waals surface area contributed by atoms with E-state index in [0.29, 0.717) is 22.9 Å². The van der Waals surface area contributed by atoms with Gasteiger partial charge in [0.25, 0.3) is 0 Å². The Morgan fingerprint density at radius 1 is 1.24 bits per heavy atom. The fourth-order valence-electron chi connectivity index (χ4n) is 1.98. The maximum Gasteiger partial charge on any atom is 0.200 e. The lowest BCUT2D eigenvalue weighted by Gasteiger charge is -2.08. The van der Waals surface area contributed by atoms with Gasteiger partial charge in [-0.2, -0.15) is 5.10 Å². The lowest BCUT2D eigenvalue weighted by atomic mass is 10.3. The molecule has 1 N–H and O–H groups in total. The van der Waals surface area contributed by atoms with Gasteiger partial charge in [-0.05, 0) is 43.4 Å². The number of rotatable bonds is 4. The summed E-state index contributed by atoms with van der Waals surface area (Å²) in [5, 5.41) is 7.02. The summed E-state index contributed by atoms with van der Waals surface area (Å²) >= 11 is 5.30. The summed E-state index contributed by atoms with van der Waals surface area (Å²) in [6.07, 6.45) is 4.89. The first kappa shape index (κ1) is 13.4. The molecular weight excluding hydrogens is 286 g/mol. The highest BCUT2D eigenvalue weighted by Crippen LogP contribution is 2.21. The van der Waals surface area contributed by atoms with Crippen molar-refractivity contribution in [1.82, 2.24) is 24.7 Å². The zero-order valence-corrected chi connectivity index (χ0v) is 12.2. The summed E-state index contributed by atoms with van der Waals surface area (Å²) in [7, 11) is 0. The van der Waals surface area contributed by atoms with Gasteiger partial charge < -0.3 is 4.74 Å². The van der Waals surface area contributed by atoms with Crippen molar-refractivity contribution in [2.45, 2.75) is 6.92 Å². The first-order valence-electron chi connectivity index (χ1n) is 6.46. The summed E-state index contributed by atoms with van der Waals surface area (Å²) in [4.78, 5) is 8.32. The Morgan fingerprint density at radius 2 is 2.05 bits per heavy atom. The molecule has 0 radical (unpaired) electrons. The van der Waals surface area contributed by atoms with Gasteiger partial charge in [0.15, 0.2) is 10.6 Å². The quantitative estimate of drug-likeness (QED) is 0.750. The molecule has 2 aromatic heterocycles. The number of H-pyrrole nitrogens is 1. The third kappa shape index (κ3) is 2.68. The summed E-state index contributed by atoms with van der Waals surface area (Å²) in [6.45, 7) is 2.58. The van der Waals surface area contributed by atoms with Gasteiger partial charge in [-0.15, -0.1) is 0 Å². The van der Waals surface area contributed by atoms with Gasteiger partial charge in [-0.1, -0.05) is 0 Å². The number of ether oxygens (including phenoxy) is 1. The number of hydrogen-bond donors (Lipinski definition) is 1. The molecule has 7 heteroatoms. The Morgan fingerprint density at radius 3 is 2.71 bits per heavy atom. The molecule has 0 unspecified atom stereocenters. The first-order chi connectivity index (χ1) is 10.3. The normalized spacial score (nSPS) is 10.5. The molecule has 0 aliphatic carbocycles. The second-order valence-electron chi connectivity index (χ2n) is 4.21. The van der Waals surface area contributed by atoms with E-state index >= 15 is 0 Å². The number of benzene rings is 1. The van der Waals surface area contributed by atoms with Crippen molar-refractivity contribution in [3.05, 3.63) is 47.6 Å². The minimum Gasteiger partial charge on any atom is -0.494 e. The Labute approximate surface area is 126 Å². The molecular formula is C14H13N5OS. The maximum atomic E-state index is 5.44. The Balaban J connectivity index is 2.06. The Hall–Kier alpha value is -2.54. The molecule has 0 aliphatic heterocycles. The first-order valence-corrected chi connectivity index (χ1v) is 6.87. The van der Waals surface area contributed by atoms with Crippen LogP contribution in [0.2, 0.25) is 0 Å². The smallest absolute Gasteiger partial charge is 0.200 e. The second kappa shape index (κ2) is 5.84. The average molecular weight is 299 g/mol. The van der Waals surface area contributed by atoms with Crippen molar-refractivity contribution in [2.75, 3.05) is 6.61 Å². The minimum atomic E-state index is 0.500. The van der Waals surface area contributed by atoms with Gasteiger partial charge in [0.2, 0.25) is 0 Å². The van der Waals surface area contributed by atoms with Crippen LogP contribution in [0.15, 0.2) is 42.9 Å². The van der Waals surface area contributed by atoms with Gasteiger partial charge in [0, 0.05) is 12.4 Å². The van der Waals surface area contributed by atoms with Crippen LogP contribution in [0.25, 0.3) is 17.2 Å². The zero-order valence-electron chi connectivity index (χ0n) is 11.4. The van der Waals surface area contributed by atoms with E-state index in [4.69, 9.17) is 17.0 Å². The molecule has 0 bridgehead atoms. The molecule has 21 heavy (non-hydrogen) atoms. The van der Waals surface area contributed by atoms with Crippen LogP contribution in [0.4, 0.5) is 0 Å². The SMILES string of the molecule is CCOc1ccc(-n2c(-c3cnccn3)n[nH]c2=S)cc1. The highest BCUT2D eigenvalue weighted by molar-refractivity contribution is 7.71. The number of hydrogen-bond acceptors (Lipinski definition) is 5. The highest BCUT2D eigenvalue weighted by Gasteiger charge is 2.11. The standard InChI is InChI=1S/C14H13N5OS/c1-2-20-11-5-3-10(4-6-11)19-13(17-18-14(19)21)12-9-15-7-8-16-12/h3-9H,2H2,1H3,(H,18,21). The lowest BCUT2D eigenvalue weighted by Crippen LogP contribution is -1.99. The third-order valence-corrected chi connectivity index (χ3v) is 3.14. The predicted molar refractivity (Wildman–Crippen MR) is 80.9 cm³/mol. The van der Waals surface area contributed by atoms with E-state index in [0.717, 1.165) is 11.4 Å². The van der Waals surface area contributed by atoms with Crippen LogP contribution < -0.4 is 4.74 Å². The molecule has 2 heterocycles. The summed E-state index contributed by atoms with van der Waals surface area (Å²) in [5.41, 5.74) is 1.54.